The summed E-state index contributed by atoms with van der Waals surface area (Å²) in [7, 11) is 2.59. The van der Waals surface area contributed by atoms with Gasteiger partial charge < -0.3 is 9.72 Å². The van der Waals surface area contributed by atoms with Crippen molar-refractivity contribution in [1.29, 1.82) is 0 Å². The lowest BCUT2D eigenvalue weighted by atomic mass is 10.0. The number of esters is 1. The van der Waals surface area contributed by atoms with Gasteiger partial charge >= 0.3 is 12.0 Å². The van der Waals surface area contributed by atoms with E-state index in [1.165, 1.54) is 14.1 Å². The molecule has 1 atom stereocenters. The van der Waals surface area contributed by atoms with Crippen LogP contribution in [0.5, 0.6) is 0 Å². The van der Waals surface area contributed by atoms with E-state index >= 15 is 0 Å². The molecule has 1 N–H and O–H groups in total. The number of nitrogens with zero attached hydrogens (tertiary/aromatic N) is 3. The van der Waals surface area contributed by atoms with Crippen LogP contribution >= 0.6 is 0 Å². The van der Waals surface area contributed by atoms with Crippen molar-refractivity contribution in [2.45, 2.75) is 32.4 Å². The zero-order valence-electron chi connectivity index (χ0n) is 17.3. The number of carbonyl (C=O) groups is 4. The fourth-order valence-electron chi connectivity index (χ4n) is 3.27. The van der Waals surface area contributed by atoms with Gasteiger partial charge in [0.15, 0.2) is 12.0 Å². The van der Waals surface area contributed by atoms with Crippen LogP contribution in [0.15, 0.2) is 35.5 Å². The molecule has 9 heteroatoms. The largest absolute Gasteiger partial charge is 0.461 e. The van der Waals surface area contributed by atoms with Gasteiger partial charge in [-0.1, -0.05) is 18.2 Å². The van der Waals surface area contributed by atoms with E-state index in [1.54, 1.807) is 20.0 Å². The van der Waals surface area contributed by atoms with Gasteiger partial charge in [-0.15, -0.1) is 0 Å². The quantitative estimate of drug-likeness (QED) is 0.441. The minimum absolute atomic E-state index is 0.228. The van der Waals surface area contributed by atoms with Crippen molar-refractivity contribution in [3.8, 4) is 0 Å². The summed E-state index contributed by atoms with van der Waals surface area (Å²) in [5, 5.41) is 0.949. The van der Waals surface area contributed by atoms with Crippen molar-refractivity contribution in [2.24, 2.45) is 10.9 Å². The van der Waals surface area contributed by atoms with E-state index in [0.29, 0.717) is 0 Å². The summed E-state index contributed by atoms with van der Waals surface area (Å²) in [5.41, 5.74) is 1.78. The maximum Gasteiger partial charge on any atom is 0.332 e. The van der Waals surface area contributed by atoms with Crippen LogP contribution in [0.1, 0.15) is 19.4 Å². The molecule has 0 bridgehead atoms. The molecule has 1 saturated heterocycles. The number of aromatic nitrogens is 1. The molecule has 158 valence electrons. The Bertz CT molecular complexity index is 1000. The zero-order chi connectivity index (χ0) is 22.0. The number of carbonyl (C=O) groups excluding carboxylic acids is 4. The molecule has 4 amide bonds. The monoisotopic (exact) mass is 412 g/mol. The SMILES string of the molecule is CC(C)OC(=O)[C@@H](Cc1c[nH]c2ccccc12)N=CC1C(=O)N(C)C(=O)N(C)C1=O. The highest BCUT2D eigenvalue weighted by molar-refractivity contribution is 6.23. The number of H-pyrrole nitrogens is 1. The second-order valence-electron chi connectivity index (χ2n) is 7.42. The van der Waals surface area contributed by atoms with Crippen molar-refractivity contribution in [1.82, 2.24) is 14.8 Å². The number of barbiturate groups is 1. The van der Waals surface area contributed by atoms with Crippen molar-refractivity contribution < 1.29 is 23.9 Å². The van der Waals surface area contributed by atoms with Crippen LogP contribution in [0, 0.1) is 5.92 Å². The van der Waals surface area contributed by atoms with Gasteiger partial charge in [-0.05, 0) is 25.5 Å². The number of amides is 4. The summed E-state index contributed by atoms with van der Waals surface area (Å²) in [4.78, 5) is 58.4. The molecule has 1 aromatic heterocycles. The summed E-state index contributed by atoms with van der Waals surface area (Å²) in [6.07, 6.45) is 2.83. The predicted octanol–water partition coefficient (Wildman–Crippen LogP) is 1.77. The number of nitrogens with one attached hydrogen (secondary N) is 1. The maximum absolute atomic E-state index is 12.6. The molecule has 2 heterocycles. The van der Waals surface area contributed by atoms with E-state index in [0.717, 1.165) is 32.5 Å². The van der Waals surface area contributed by atoms with Gasteiger partial charge in [-0.2, -0.15) is 0 Å². The van der Waals surface area contributed by atoms with E-state index in [1.807, 2.05) is 24.3 Å². The Morgan fingerprint density at radius 2 is 1.80 bits per heavy atom. The fraction of sp³-hybridized carbons (Fsp3) is 0.381. The molecule has 2 aromatic rings. The standard InChI is InChI=1S/C21H24N4O5/c1-12(2)30-20(28)17(9-13-10-22-16-8-6-5-7-14(13)16)23-11-15-18(26)24(3)21(29)25(4)19(15)27/h5-8,10-12,15,17,22H,9H2,1-4H3/t17-/m1/s1. The van der Waals surface area contributed by atoms with Gasteiger partial charge in [-0.25, -0.2) is 9.59 Å². The number of aliphatic imine (C=N–C) groups is 1. The molecule has 0 radical (unpaired) electrons. The minimum atomic E-state index is -1.27. The van der Waals surface area contributed by atoms with Crippen LogP contribution in [0.4, 0.5) is 4.79 Å². The molecule has 30 heavy (non-hydrogen) atoms. The van der Waals surface area contributed by atoms with E-state index in [9.17, 15) is 19.2 Å². The summed E-state index contributed by atoms with van der Waals surface area (Å²) < 4.78 is 5.32. The van der Waals surface area contributed by atoms with Crippen molar-refractivity contribution in [2.75, 3.05) is 14.1 Å². The lowest BCUT2D eigenvalue weighted by Crippen LogP contribution is -2.57. The van der Waals surface area contributed by atoms with Gasteiger partial charge in [0.1, 0.15) is 0 Å². The Hall–Kier alpha value is -3.49. The van der Waals surface area contributed by atoms with E-state index < -0.39 is 35.8 Å². The number of ether oxygens (including phenoxy) is 1. The zero-order valence-corrected chi connectivity index (χ0v) is 17.3. The van der Waals surface area contributed by atoms with E-state index in [4.69, 9.17) is 4.74 Å². The lowest BCUT2D eigenvalue weighted by Gasteiger charge is -2.31. The molecule has 0 aliphatic carbocycles. The number of benzene rings is 1. The number of aromatic amines is 1. The first-order valence-electron chi connectivity index (χ1n) is 9.58. The average Bonchev–Trinajstić information content (AvgIpc) is 3.12. The molecule has 0 spiro atoms. The van der Waals surface area contributed by atoms with Crippen LogP contribution in [-0.4, -0.2) is 71.1 Å². The second-order valence-corrected chi connectivity index (χ2v) is 7.42. The summed E-state index contributed by atoms with van der Waals surface area (Å²) >= 11 is 0. The third kappa shape index (κ3) is 4.10. The number of fused-ring (bicyclic) bond motifs is 1. The van der Waals surface area contributed by atoms with Crippen LogP contribution in [0.2, 0.25) is 0 Å². The Morgan fingerprint density at radius 1 is 1.17 bits per heavy atom. The fourth-order valence-corrected chi connectivity index (χ4v) is 3.27. The Kier molecular flexibility index (Phi) is 6.00. The molecule has 9 nitrogen and oxygen atoms in total. The number of urea groups is 1. The van der Waals surface area contributed by atoms with Gasteiger partial charge in [0.05, 0.1) is 6.10 Å². The topological polar surface area (TPSA) is 112 Å². The number of hydrogen-bond donors (Lipinski definition) is 1. The lowest BCUT2D eigenvalue weighted by molar-refractivity contribution is -0.149. The second kappa shape index (κ2) is 8.48. The summed E-state index contributed by atoms with van der Waals surface area (Å²) in [6.45, 7) is 3.46. The Labute approximate surface area is 173 Å². The maximum atomic E-state index is 12.6. The van der Waals surface area contributed by atoms with Crippen LogP contribution in [0.3, 0.4) is 0 Å². The molecule has 0 saturated carbocycles. The first kappa shape index (κ1) is 21.2. The summed E-state index contributed by atoms with van der Waals surface area (Å²) in [5.74, 6) is -3.19. The summed E-state index contributed by atoms with van der Waals surface area (Å²) in [6, 6.07) is 6.00. The first-order valence-corrected chi connectivity index (χ1v) is 9.58. The van der Waals surface area contributed by atoms with Gasteiger partial charge in [0, 0.05) is 43.8 Å². The van der Waals surface area contributed by atoms with Crippen LogP contribution in [0.25, 0.3) is 10.9 Å². The third-order valence-corrected chi connectivity index (χ3v) is 4.89. The van der Waals surface area contributed by atoms with E-state index in [2.05, 4.69) is 9.98 Å². The highest BCUT2D eigenvalue weighted by atomic mass is 16.5. The minimum Gasteiger partial charge on any atom is -0.461 e. The van der Waals surface area contributed by atoms with Gasteiger partial charge in [0.25, 0.3) is 0 Å². The molecule has 1 fully saturated rings. The third-order valence-electron chi connectivity index (χ3n) is 4.89. The highest BCUT2D eigenvalue weighted by Crippen LogP contribution is 2.21. The normalized spacial score (nSPS) is 16.9. The van der Waals surface area contributed by atoms with E-state index in [-0.39, 0.29) is 12.5 Å². The average molecular weight is 412 g/mol. The molecular formula is C21H24N4O5. The smallest absolute Gasteiger partial charge is 0.332 e. The Balaban J connectivity index is 1.89. The number of rotatable bonds is 6. The van der Waals surface area contributed by atoms with Crippen molar-refractivity contribution >= 4 is 40.9 Å². The van der Waals surface area contributed by atoms with Crippen molar-refractivity contribution in [3.63, 3.8) is 0 Å². The predicted molar refractivity (Wildman–Crippen MR) is 110 cm³/mol. The van der Waals surface area contributed by atoms with Crippen LogP contribution in [-0.2, 0) is 25.5 Å². The molecule has 3 rings (SSSR count). The van der Waals surface area contributed by atoms with Crippen LogP contribution < -0.4 is 0 Å². The number of hydrogen-bond acceptors (Lipinski definition) is 6. The molecule has 1 aliphatic rings. The molecular weight excluding hydrogens is 388 g/mol. The van der Waals surface area contributed by atoms with Gasteiger partial charge in [-0.3, -0.25) is 24.4 Å². The molecule has 0 unspecified atom stereocenters. The first-order chi connectivity index (χ1) is 14.2. The van der Waals surface area contributed by atoms with Crippen molar-refractivity contribution in [3.05, 3.63) is 36.0 Å². The molecule has 1 aromatic carbocycles. The Morgan fingerprint density at radius 3 is 2.43 bits per heavy atom. The number of para-hydroxylation sites is 1. The van der Waals surface area contributed by atoms with Gasteiger partial charge in [0.2, 0.25) is 11.8 Å². The highest BCUT2D eigenvalue weighted by Gasteiger charge is 2.41. The molecule has 1 aliphatic heterocycles. The number of imide groups is 2.